The zero-order valence-corrected chi connectivity index (χ0v) is 11.1. The van der Waals surface area contributed by atoms with Gasteiger partial charge >= 0.3 is 23.7 Å². The lowest BCUT2D eigenvalue weighted by Crippen LogP contribution is -2.43. The van der Waals surface area contributed by atoms with Crippen molar-refractivity contribution in [3.05, 3.63) is 0 Å². The summed E-state index contributed by atoms with van der Waals surface area (Å²) in [6, 6.07) is 0. The van der Waals surface area contributed by atoms with Crippen molar-refractivity contribution in [3.8, 4) is 0 Å². The number of hydrogen-bond acceptors (Lipinski definition) is 9. The van der Waals surface area contributed by atoms with E-state index in [0.717, 1.165) is 32.1 Å². The molecule has 0 amide bonds. The largest absolute Gasteiger partial charge is 0.439 e. The van der Waals surface area contributed by atoms with E-state index in [1.54, 1.807) is 0 Å². The molecule has 1 aliphatic carbocycles. The van der Waals surface area contributed by atoms with Crippen LogP contribution >= 0.6 is 0 Å². The number of carbonyl (C=O) groups excluding carboxylic acids is 3. The molecule has 0 aromatic heterocycles. The van der Waals surface area contributed by atoms with E-state index in [2.05, 4.69) is 14.5 Å². The Morgan fingerprint density at radius 3 is 2.33 bits per heavy atom. The van der Waals surface area contributed by atoms with Crippen LogP contribution in [0.3, 0.4) is 0 Å². The molecular formula is C12H16O9. The lowest BCUT2D eigenvalue weighted by Gasteiger charge is -2.27. The van der Waals surface area contributed by atoms with Gasteiger partial charge in [0.25, 0.3) is 5.79 Å². The Morgan fingerprint density at radius 1 is 1.24 bits per heavy atom. The minimum absolute atomic E-state index is 0.0467. The first kappa shape index (κ1) is 15.7. The van der Waals surface area contributed by atoms with Gasteiger partial charge in [0.2, 0.25) is 0 Å². The highest BCUT2D eigenvalue weighted by atomic mass is 17.2. The van der Waals surface area contributed by atoms with Crippen molar-refractivity contribution < 1.29 is 44.2 Å². The Morgan fingerprint density at radius 2 is 1.81 bits per heavy atom. The summed E-state index contributed by atoms with van der Waals surface area (Å²) in [6.07, 6.45) is 4.22. The number of rotatable bonds is 4. The minimum Gasteiger partial charge on any atom is -0.407 e. The molecule has 0 spiro atoms. The van der Waals surface area contributed by atoms with Crippen molar-refractivity contribution >= 4 is 17.9 Å². The third-order valence-electron chi connectivity index (χ3n) is 3.57. The van der Waals surface area contributed by atoms with E-state index in [1.165, 1.54) is 0 Å². The van der Waals surface area contributed by atoms with Gasteiger partial charge in [-0.1, -0.05) is 32.1 Å². The highest BCUT2D eigenvalue weighted by Gasteiger charge is 2.67. The Hall–Kier alpha value is -1.71. The molecule has 2 aliphatic rings. The Kier molecular flexibility index (Phi) is 4.17. The average Bonchev–Trinajstić information content (AvgIpc) is 3.05. The fraction of sp³-hybridized carbons (Fsp3) is 0.750. The molecule has 1 heterocycles. The summed E-state index contributed by atoms with van der Waals surface area (Å²) in [5.41, 5.74) is 0. The molecule has 1 aliphatic heterocycles. The molecule has 9 heteroatoms. The van der Waals surface area contributed by atoms with Crippen molar-refractivity contribution in [2.45, 2.75) is 50.1 Å². The normalized spacial score (nSPS) is 26.0. The SMILES string of the molecule is O=C(OOC(=O)C1(O)OC1=O)C(O)(O)CC1CCCCC1. The van der Waals surface area contributed by atoms with Crippen LogP contribution < -0.4 is 0 Å². The fourth-order valence-corrected chi connectivity index (χ4v) is 2.31. The molecule has 0 aromatic carbocycles. The van der Waals surface area contributed by atoms with Gasteiger partial charge in [-0.15, -0.1) is 0 Å². The molecule has 21 heavy (non-hydrogen) atoms. The molecule has 2 rings (SSSR count). The van der Waals surface area contributed by atoms with Gasteiger partial charge in [0.15, 0.2) is 0 Å². The lowest BCUT2D eigenvalue weighted by molar-refractivity contribution is -0.297. The molecule has 118 valence electrons. The maximum Gasteiger partial charge on any atom is 0.439 e. The molecule has 9 nitrogen and oxygen atoms in total. The van der Waals surface area contributed by atoms with Gasteiger partial charge in [-0.2, -0.15) is 0 Å². The fourth-order valence-electron chi connectivity index (χ4n) is 2.31. The second-order valence-electron chi connectivity index (χ2n) is 5.30. The third-order valence-corrected chi connectivity index (χ3v) is 3.57. The van der Waals surface area contributed by atoms with E-state index in [-0.39, 0.29) is 12.3 Å². The molecule has 0 aromatic rings. The highest BCUT2D eigenvalue weighted by molar-refractivity contribution is 6.11. The van der Waals surface area contributed by atoms with Crippen LogP contribution in [0.25, 0.3) is 0 Å². The van der Waals surface area contributed by atoms with E-state index in [9.17, 15) is 24.6 Å². The van der Waals surface area contributed by atoms with Gasteiger partial charge in [-0.25, -0.2) is 24.2 Å². The van der Waals surface area contributed by atoms with Crippen LogP contribution in [0.5, 0.6) is 0 Å². The number of hydrogen-bond donors (Lipinski definition) is 3. The maximum absolute atomic E-state index is 11.5. The zero-order valence-electron chi connectivity index (χ0n) is 11.1. The van der Waals surface area contributed by atoms with E-state index in [4.69, 9.17) is 5.11 Å². The first-order valence-corrected chi connectivity index (χ1v) is 6.59. The summed E-state index contributed by atoms with van der Waals surface area (Å²) < 4.78 is 3.93. The van der Waals surface area contributed by atoms with Crippen LogP contribution in [0.1, 0.15) is 38.5 Å². The lowest BCUT2D eigenvalue weighted by atomic mass is 9.84. The summed E-state index contributed by atoms with van der Waals surface area (Å²) in [7, 11) is 0. The molecule has 3 N–H and O–H groups in total. The molecule has 1 saturated heterocycles. The summed E-state index contributed by atoms with van der Waals surface area (Å²) in [6.45, 7) is 0. The van der Waals surface area contributed by atoms with Crippen LogP contribution in [0.2, 0.25) is 0 Å². The monoisotopic (exact) mass is 304 g/mol. The minimum atomic E-state index is -2.81. The van der Waals surface area contributed by atoms with Crippen LogP contribution in [0.15, 0.2) is 0 Å². The van der Waals surface area contributed by atoms with Gasteiger partial charge in [-0.3, -0.25) is 0 Å². The van der Waals surface area contributed by atoms with Crippen LogP contribution in [-0.4, -0.2) is 44.8 Å². The molecule has 1 saturated carbocycles. The average molecular weight is 304 g/mol. The highest BCUT2D eigenvalue weighted by Crippen LogP contribution is 2.31. The van der Waals surface area contributed by atoms with Gasteiger partial charge in [-0.05, 0) is 5.92 Å². The van der Waals surface area contributed by atoms with Crippen molar-refractivity contribution in [3.63, 3.8) is 0 Å². The first-order chi connectivity index (χ1) is 9.75. The molecule has 1 atom stereocenters. The molecule has 0 bridgehead atoms. The topological polar surface area (TPSA) is 143 Å². The van der Waals surface area contributed by atoms with Crippen molar-refractivity contribution in [2.75, 3.05) is 0 Å². The number of aliphatic hydroxyl groups is 3. The van der Waals surface area contributed by atoms with Crippen molar-refractivity contribution in [1.29, 1.82) is 0 Å². The van der Waals surface area contributed by atoms with Gasteiger partial charge in [0.05, 0.1) is 0 Å². The Bertz CT molecular complexity index is 452. The predicted octanol–water partition coefficient (Wildman–Crippen LogP) is -1.12. The summed E-state index contributed by atoms with van der Waals surface area (Å²) >= 11 is 0. The van der Waals surface area contributed by atoms with Gasteiger partial charge < -0.3 is 20.1 Å². The van der Waals surface area contributed by atoms with Crippen LogP contribution in [0.4, 0.5) is 0 Å². The second-order valence-corrected chi connectivity index (χ2v) is 5.30. The quantitative estimate of drug-likeness (QED) is 0.193. The van der Waals surface area contributed by atoms with Crippen LogP contribution in [-0.2, 0) is 28.9 Å². The standard InChI is InChI=1S/C12H16O9/c13-8(20-21-10(15)12(18)9(14)19-12)11(16,17)6-7-4-2-1-3-5-7/h7,16-18H,1-6H2. The smallest absolute Gasteiger partial charge is 0.407 e. The molecule has 2 fully saturated rings. The van der Waals surface area contributed by atoms with E-state index >= 15 is 0 Å². The van der Waals surface area contributed by atoms with Crippen molar-refractivity contribution in [2.24, 2.45) is 5.92 Å². The first-order valence-electron chi connectivity index (χ1n) is 6.59. The maximum atomic E-state index is 11.5. The van der Waals surface area contributed by atoms with Crippen molar-refractivity contribution in [1.82, 2.24) is 0 Å². The van der Waals surface area contributed by atoms with E-state index < -0.39 is 29.5 Å². The Labute approximate surface area is 119 Å². The zero-order chi connectivity index (χ0) is 15.7. The van der Waals surface area contributed by atoms with Crippen LogP contribution in [0, 0.1) is 5.92 Å². The van der Waals surface area contributed by atoms with Gasteiger partial charge in [0, 0.05) is 6.42 Å². The number of cyclic esters (lactones) is 1. The second kappa shape index (κ2) is 5.58. The van der Waals surface area contributed by atoms with E-state index in [1.807, 2.05) is 0 Å². The molecule has 0 radical (unpaired) electrons. The molecular weight excluding hydrogens is 288 g/mol. The number of epoxide rings is 1. The van der Waals surface area contributed by atoms with Gasteiger partial charge in [0.1, 0.15) is 0 Å². The number of carbonyl (C=O) groups is 3. The third kappa shape index (κ3) is 3.49. The number of ether oxygens (including phenoxy) is 1. The Balaban J connectivity index is 1.80. The van der Waals surface area contributed by atoms with E-state index in [0.29, 0.717) is 0 Å². The summed E-state index contributed by atoms with van der Waals surface area (Å²) in [5, 5.41) is 28.4. The summed E-state index contributed by atoms with van der Waals surface area (Å²) in [5.74, 6) is -10.1. The summed E-state index contributed by atoms with van der Waals surface area (Å²) in [4.78, 5) is 40.9. The molecule has 1 unspecified atom stereocenters. The predicted molar refractivity (Wildman–Crippen MR) is 61.6 cm³/mol.